The third-order valence-electron chi connectivity index (χ3n) is 3.56. The number of nitrogens with one attached hydrogen (secondary N) is 2. The zero-order valence-corrected chi connectivity index (χ0v) is 13.4. The number of rotatable bonds is 3. The van der Waals surface area contributed by atoms with E-state index in [2.05, 4.69) is 25.5 Å². The Kier molecular flexibility index (Phi) is 3.47. The molecule has 0 aromatic carbocycles. The van der Waals surface area contributed by atoms with Crippen LogP contribution in [0.3, 0.4) is 0 Å². The van der Waals surface area contributed by atoms with Crippen LogP contribution in [-0.2, 0) is 13.1 Å². The predicted octanol–water partition coefficient (Wildman–Crippen LogP) is 2.69. The van der Waals surface area contributed by atoms with E-state index >= 15 is 0 Å². The lowest BCUT2D eigenvalue weighted by Gasteiger charge is -2.16. The Bertz CT molecular complexity index is 862. The number of hydrogen-bond acceptors (Lipinski definition) is 6. The topological polar surface area (TPSA) is 86.8 Å². The first-order valence-electron chi connectivity index (χ1n) is 6.85. The fourth-order valence-electron chi connectivity index (χ4n) is 2.48. The summed E-state index contributed by atoms with van der Waals surface area (Å²) in [7, 11) is 0. The number of aromatic amines is 1. The number of aromatic nitrogens is 4. The summed E-state index contributed by atoms with van der Waals surface area (Å²) in [5.41, 5.74) is 1.92. The van der Waals surface area contributed by atoms with Crippen LogP contribution in [0.1, 0.15) is 20.9 Å². The Morgan fingerprint density at radius 2 is 2.30 bits per heavy atom. The van der Waals surface area contributed by atoms with E-state index in [9.17, 15) is 4.79 Å². The SMILES string of the molecule is O=C(Nc1n[nH]c2c1CN(c1ccnc(Cl)n1)C2)c1cccs1. The van der Waals surface area contributed by atoms with Crippen molar-refractivity contribution in [3.05, 3.63) is 51.2 Å². The zero-order valence-electron chi connectivity index (χ0n) is 11.8. The molecule has 0 saturated heterocycles. The maximum absolute atomic E-state index is 12.2. The zero-order chi connectivity index (χ0) is 15.8. The molecule has 1 aliphatic heterocycles. The van der Waals surface area contributed by atoms with Crippen LogP contribution >= 0.6 is 22.9 Å². The van der Waals surface area contributed by atoms with Crippen LogP contribution in [0.5, 0.6) is 0 Å². The van der Waals surface area contributed by atoms with Gasteiger partial charge in [-0.2, -0.15) is 5.10 Å². The monoisotopic (exact) mass is 346 g/mol. The highest BCUT2D eigenvalue weighted by Gasteiger charge is 2.27. The molecule has 0 atom stereocenters. The molecule has 0 spiro atoms. The van der Waals surface area contributed by atoms with Crippen LogP contribution in [-0.4, -0.2) is 26.1 Å². The highest BCUT2D eigenvalue weighted by atomic mass is 35.5. The molecule has 0 aliphatic carbocycles. The Balaban J connectivity index is 1.54. The van der Waals surface area contributed by atoms with Crippen molar-refractivity contribution in [3.63, 3.8) is 0 Å². The highest BCUT2D eigenvalue weighted by Crippen LogP contribution is 2.30. The normalized spacial score (nSPS) is 13.2. The molecule has 4 heterocycles. The first-order chi connectivity index (χ1) is 11.2. The average Bonchev–Trinajstić information content (AvgIpc) is 3.25. The number of carbonyl (C=O) groups is 1. The molecule has 9 heteroatoms. The molecule has 23 heavy (non-hydrogen) atoms. The van der Waals surface area contributed by atoms with Crippen LogP contribution in [0.15, 0.2) is 29.8 Å². The van der Waals surface area contributed by atoms with Gasteiger partial charge in [0.1, 0.15) is 5.82 Å². The fourth-order valence-corrected chi connectivity index (χ4v) is 3.25. The number of anilines is 2. The van der Waals surface area contributed by atoms with Gasteiger partial charge in [0.2, 0.25) is 5.28 Å². The van der Waals surface area contributed by atoms with Crippen molar-refractivity contribution >= 4 is 40.5 Å². The van der Waals surface area contributed by atoms with Gasteiger partial charge in [-0.15, -0.1) is 11.3 Å². The van der Waals surface area contributed by atoms with Gasteiger partial charge < -0.3 is 10.2 Å². The van der Waals surface area contributed by atoms with Gasteiger partial charge in [0.25, 0.3) is 5.91 Å². The third-order valence-corrected chi connectivity index (χ3v) is 4.61. The summed E-state index contributed by atoms with van der Waals surface area (Å²) < 4.78 is 0. The van der Waals surface area contributed by atoms with Crippen LogP contribution in [0.2, 0.25) is 5.28 Å². The molecule has 0 unspecified atom stereocenters. The summed E-state index contributed by atoms with van der Waals surface area (Å²) in [5, 5.41) is 12.1. The smallest absolute Gasteiger partial charge is 0.266 e. The first-order valence-corrected chi connectivity index (χ1v) is 8.11. The van der Waals surface area contributed by atoms with Crippen molar-refractivity contribution in [2.24, 2.45) is 0 Å². The lowest BCUT2D eigenvalue weighted by atomic mass is 10.3. The van der Waals surface area contributed by atoms with Crippen molar-refractivity contribution in [2.45, 2.75) is 13.1 Å². The first kappa shape index (κ1) is 14.2. The number of amides is 1. The molecule has 3 aromatic heterocycles. The molecule has 4 rings (SSSR count). The minimum atomic E-state index is -0.155. The van der Waals surface area contributed by atoms with E-state index in [1.54, 1.807) is 18.3 Å². The number of nitrogens with zero attached hydrogens (tertiary/aromatic N) is 4. The number of halogens is 1. The largest absolute Gasteiger partial charge is 0.346 e. The van der Waals surface area contributed by atoms with Gasteiger partial charge in [0.15, 0.2) is 5.82 Å². The van der Waals surface area contributed by atoms with Crippen molar-refractivity contribution in [2.75, 3.05) is 10.2 Å². The highest BCUT2D eigenvalue weighted by molar-refractivity contribution is 7.12. The van der Waals surface area contributed by atoms with E-state index in [0.29, 0.717) is 23.8 Å². The number of fused-ring (bicyclic) bond motifs is 1. The lowest BCUT2D eigenvalue weighted by molar-refractivity contribution is 0.103. The third kappa shape index (κ3) is 2.66. The van der Waals surface area contributed by atoms with Crippen LogP contribution < -0.4 is 10.2 Å². The van der Waals surface area contributed by atoms with E-state index in [4.69, 9.17) is 11.6 Å². The van der Waals surface area contributed by atoms with E-state index in [1.807, 2.05) is 16.3 Å². The molecule has 0 fully saturated rings. The molecular weight excluding hydrogens is 336 g/mol. The van der Waals surface area contributed by atoms with Crippen LogP contribution in [0, 0.1) is 0 Å². The van der Waals surface area contributed by atoms with Gasteiger partial charge in [-0.05, 0) is 29.1 Å². The van der Waals surface area contributed by atoms with E-state index < -0.39 is 0 Å². The van der Waals surface area contributed by atoms with Crippen LogP contribution in [0.25, 0.3) is 0 Å². The second-order valence-electron chi connectivity index (χ2n) is 5.00. The number of H-pyrrole nitrogens is 1. The molecule has 1 aliphatic rings. The lowest BCUT2D eigenvalue weighted by Crippen LogP contribution is -2.18. The van der Waals surface area contributed by atoms with Gasteiger partial charge in [0, 0.05) is 11.8 Å². The molecule has 116 valence electrons. The predicted molar refractivity (Wildman–Crippen MR) is 87.8 cm³/mol. The summed E-state index contributed by atoms with van der Waals surface area (Å²) in [6, 6.07) is 5.42. The molecule has 1 amide bonds. The van der Waals surface area contributed by atoms with Gasteiger partial charge in [-0.25, -0.2) is 9.97 Å². The quantitative estimate of drug-likeness (QED) is 0.712. The van der Waals surface area contributed by atoms with E-state index in [1.165, 1.54) is 11.3 Å². The Morgan fingerprint density at radius 1 is 1.39 bits per heavy atom. The van der Waals surface area contributed by atoms with Crippen molar-refractivity contribution in [1.82, 2.24) is 20.2 Å². The molecule has 2 N–H and O–H groups in total. The molecule has 7 nitrogen and oxygen atoms in total. The molecular formula is C14H11ClN6OS. The standard InChI is InChI=1S/C14H11ClN6OS/c15-14-16-4-3-11(17-14)21-6-8-9(7-21)19-20-12(8)18-13(22)10-2-1-5-23-10/h1-5H,6-7H2,(H2,18,19,20,22). The summed E-state index contributed by atoms with van der Waals surface area (Å²) >= 11 is 7.23. The summed E-state index contributed by atoms with van der Waals surface area (Å²) in [5.74, 6) is 1.14. The van der Waals surface area contributed by atoms with Gasteiger partial charge in [-0.1, -0.05) is 6.07 Å². The van der Waals surface area contributed by atoms with Crippen LogP contribution in [0.4, 0.5) is 11.6 Å². The number of carbonyl (C=O) groups excluding carboxylic acids is 1. The fraction of sp³-hybridized carbons (Fsp3) is 0.143. The minimum absolute atomic E-state index is 0.155. The Morgan fingerprint density at radius 3 is 3.09 bits per heavy atom. The summed E-state index contributed by atoms with van der Waals surface area (Å²) in [6.45, 7) is 1.23. The van der Waals surface area contributed by atoms with E-state index in [0.717, 1.165) is 17.1 Å². The van der Waals surface area contributed by atoms with Gasteiger partial charge in [0.05, 0.1) is 23.7 Å². The maximum Gasteiger partial charge on any atom is 0.266 e. The van der Waals surface area contributed by atoms with Crippen molar-refractivity contribution < 1.29 is 4.79 Å². The molecule has 0 saturated carbocycles. The summed E-state index contributed by atoms with van der Waals surface area (Å²) in [6.07, 6.45) is 1.62. The second-order valence-corrected chi connectivity index (χ2v) is 6.29. The molecule has 0 bridgehead atoms. The van der Waals surface area contributed by atoms with Crippen molar-refractivity contribution in [3.8, 4) is 0 Å². The maximum atomic E-state index is 12.2. The van der Waals surface area contributed by atoms with E-state index in [-0.39, 0.29) is 11.2 Å². The molecule has 0 radical (unpaired) electrons. The van der Waals surface area contributed by atoms with Gasteiger partial charge in [-0.3, -0.25) is 9.89 Å². The minimum Gasteiger partial charge on any atom is -0.346 e. The average molecular weight is 347 g/mol. The van der Waals surface area contributed by atoms with Crippen molar-refractivity contribution in [1.29, 1.82) is 0 Å². The second kappa shape index (κ2) is 5.64. The number of thiophene rings is 1. The Labute approximate surface area is 140 Å². The molecule has 3 aromatic rings. The van der Waals surface area contributed by atoms with Gasteiger partial charge >= 0.3 is 0 Å². The number of hydrogen-bond donors (Lipinski definition) is 2. The Hall–Kier alpha value is -2.45. The summed E-state index contributed by atoms with van der Waals surface area (Å²) in [4.78, 5) is 22.9.